The molecule has 4 rings (SSSR count). The first-order valence-electron chi connectivity index (χ1n) is 8.53. The van der Waals surface area contributed by atoms with Gasteiger partial charge in [0.2, 0.25) is 0 Å². The molecule has 0 bridgehead atoms. The fraction of sp³-hybridized carbons (Fsp3) is 0.444. The molecule has 2 aromatic rings. The number of aromatic amines is 1. The molecule has 0 spiro atoms. The molecule has 7 heteroatoms. The highest BCUT2D eigenvalue weighted by Gasteiger charge is 2.56. The third-order valence-corrected chi connectivity index (χ3v) is 5.82. The summed E-state index contributed by atoms with van der Waals surface area (Å²) in [6.45, 7) is 0.710. The molecule has 2 N–H and O–H groups in total. The zero-order valence-electron chi connectivity index (χ0n) is 13.8. The molecule has 2 aliphatic rings. The predicted octanol–water partition coefficient (Wildman–Crippen LogP) is 1.92. The summed E-state index contributed by atoms with van der Waals surface area (Å²) in [5, 5.41) is 19.9. The Balaban J connectivity index is 1.58. The van der Waals surface area contributed by atoms with Crippen molar-refractivity contribution < 1.29 is 14.7 Å². The molecule has 130 valence electrons. The molecule has 2 fully saturated rings. The van der Waals surface area contributed by atoms with Crippen molar-refractivity contribution in [2.75, 3.05) is 13.1 Å². The number of fused-ring (bicyclic) bond motifs is 1. The van der Waals surface area contributed by atoms with Crippen molar-refractivity contribution in [2.24, 2.45) is 11.3 Å². The Bertz CT molecular complexity index is 777. The van der Waals surface area contributed by atoms with Gasteiger partial charge in [-0.25, -0.2) is 0 Å². The van der Waals surface area contributed by atoms with Gasteiger partial charge in [-0.2, -0.15) is 15.4 Å². The Hall–Kier alpha value is -2.70. The summed E-state index contributed by atoms with van der Waals surface area (Å²) in [5.41, 5.74) is 0.645. The molecule has 1 saturated carbocycles. The van der Waals surface area contributed by atoms with E-state index in [2.05, 4.69) is 27.5 Å². The van der Waals surface area contributed by atoms with Gasteiger partial charge in [-0.1, -0.05) is 30.3 Å². The van der Waals surface area contributed by atoms with Crippen LogP contribution in [0.1, 0.15) is 41.2 Å². The van der Waals surface area contributed by atoms with Crippen LogP contribution in [0.15, 0.2) is 36.5 Å². The van der Waals surface area contributed by atoms with E-state index in [1.807, 2.05) is 18.2 Å². The lowest BCUT2D eigenvalue weighted by atomic mass is 9.64. The van der Waals surface area contributed by atoms with E-state index >= 15 is 0 Å². The second kappa shape index (κ2) is 5.98. The van der Waals surface area contributed by atoms with E-state index in [-0.39, 0.29) is 24.1 Å². The first-order valence-corrected chi connectivity index (χ1v) is 8.53. The van der Waals surface area contributed by atoms with E-state index in [9.17, 15) is 14.7 Å². The van der Waals surface area contributed by atoms with Crippen LogP contribution in [0, 0.1) is 11.3 Å². The van der Waals surface area contributed by atoms with E-state index in [4.69, 9.17) is 0 Å². The number of H-pyrrole nitrogens is 1. The lowest BCUT2D eigenvalue weighted by Gasteiger charge is -2.38. The standard InChI is InChI=1S/C18H20N4O3/c23-16(15-9-19-21-20-15)22-10-14-8-13(12-4-2-1-3-5-12)6-7-18(14,11-22)17(24)25/h1-5,9,13-14H,6-8,10-11H2,(H,24,25)(H,19,20,21)/t13-,14-,18-/m0/s1. The fourth-order valence-electron chi connectivity index (χ4n) is 4.45. The Kier molecular flexibility index (Phi) is 3.78. The van der Waals surface area contributed by atoms with Crippen LogP contribution in [0.3, 0.4) is 0 Å². The molecule has 0 radical (unpaired) electrons. The maximum atomic E-state index is 12.6. The van der Waals surface area contributed by atoms with Crippen molar-refractivity contribution >= 4 is 11.9 Å². The highest BCUT2D eigenvalue weighted by molar-refractivity contribution is 5.93. The van der Waals surface area contributed by atoms with E-state index in [0.717, 1.165) is 12.8 Å². The SMILES string of the molecule is O=C(c1cn[nH]n1)N1C[C@@H]2C[C@@H](c3ccccc3)CC[C@]2(C(=O)O)C1. The van der Waals surface area contributed by atoms with Crippen LogP contribution in [0.4, 0.5) is 0 Å². The zero-order chi connectivity index (χ0) is 17.4. The topological polar surface area (TPSA) is 99.2 Å². The van der Waals surface area contributed by atoms with E-state index in [0.29, 0.717) is 18.9 Å². The number of benzene rings is 1. The first kappa shape index (κ1) is 15.8. The maximum Gasteiger partial charge on any atom is 0.311 e. The van der Waals surface area contributed by atoms with Gasteiger partial charge in [0.05, 0.1) is 11.6 Å². The van der Waals surface area contributed by atoms with Crippen LogP contribution in [0.5, 0.6) is 0 Å². The summed E-state index contributed by atoms with van der Waals surface area (Å²) in [4.78, 5) is 26.3. The average molecular weight is 340 g/mol. The fourth-order valence-corrected chi connectivity index (χ4v) is 4.45. The highest BCUT2D eigenvalue weighted by Crippen LogP contribution is 2.51. The Morgan fingerprint density at radius 1 is 1.28 bits per heavy atom. The van der Waals surface area contributed by atoms with E-state index < -0.39 is 11.4 Å². The number of likely N-dealkylation sites (tertiary alicyclic amines) is 1. The summed E-state index contributed by atoms with van der Waals surface area (Å²) in [6, 6.07) is 10.2. The average Bonchev–Trinajstić information content (AvgIpc) is 3.29. The third-order valence-electron chi connectivity index (χ3n) is 5.82. The molecule has 0 unspecified atom stereocenters. The molecule has 1 aliphatic heterocycles. The number of nitrogens with zero attached hydrogens (tertiary/aromatic N) is 3. The van der Waals surface area contributed by atoms with Crippen molar-refractivity contribution in [2.45, 2.75) is 25.2 Å². The third kappa shape index (κ3) is 2.59. The van der Waals surface area contributed by atoms with Gasteiger partial charge in [0.15, 0.2) is 5.69 Å². The summed E-state index contributed by atoms with van der Waals surface area (Å²) < 4.78 is 0. The van der Waals surface area contributed by atoms with Crippen LogP contribution in [-0.2, 0) is 4.79 Å². The lowest BCUT2D eigenvalue weighted by Crippen LogP contribution is -2.43. The van der Waals surface area contributed by atoms with Gasteiger partial charge in [0.1, 0.15) is 0 Å². The van der Waals surface area contributed by atoms with Gasteiger partial charge in [-0.3, -0.25) is 9.59 Å². The number of rotatable bonds is 3. The summed E-state index contributed by atoms with van der Waals surface area (Å²) in [5.74, 6) is -0.736. The number of aromatic nitrogens is 3. The molecular weight excluding hydrogens is 320 g/mol. The zero-order valence-corrected chi connectivity index (χ0v) is 13.8. The predicted molar refractivity (Wildman–Crippen MR) is 88.9 cm³/mol. The molecule has 2 heterocycles. The normalized spacial score (nSPS) is 28.6. The molecule has 25 heavy (non-hydrogen) atoms. The van der Waals surface area contributed by atoms with Gasteiger partial charge < -0.3 is 10.0 Å². The molecule has 3 atom stereocenters. The van der Waals surface area contributed by atoms with E-state index in [1.165, 1.54) is 11.8 Å². The number of carboxylic acid groups (broad SMARTS) is 1. The Morgan fingerprint density at radius 2 is 2.08 bits per heavy atom. The molecule has 1 saturated heterocycles. The summed E-state index contributed by atoms with van der Waals surface area (Å²) in [6.07, 6.45) is 3.59. The van der Waals surface area contributed by atoms with Crippen LogP contribution in [-0.4, -0.2) is 50.4 Å². The van der Waals surface area contributed by atoms with Crippen molar-refractivity contribution in [3.63, 3.8) is 0 Å². The monoisotopic (exact) mass is 340 g/mol. The quantitative estimate of drug-likeness (QED) is 0.889. The lowest BCUT2D eigenvalue weighted by molar-refractivity contribution is -0.152. The second-order valence-electron chi connectivity index (χ2n) is 7.08. The van der Waals surface area contributed by atoms with Crippen molar-refractivity contribution in [3.8, 4) is 0 Å². The van der Waals surface area contributed by atoms with Gasteiger partial charge in [0.25, 0.3) is 5.91 Å². The minimum Gasteiger partial charge on any atom is -0.481 e. The highest BCUT2D eigenvalue weighted by atomic mass is 16.4. The van der Waals surface area contributed by atoms with Gasteiger partial charge >= 0.3 is 5.97 Å². The largest absolute Gasteiger partial charge is 0.481 e. The minimum atomic E-state index is -0.843. The smallest absolute Gasteiger partial charge is 0.311 e. The molecule has 1 aromatic carbocycles. The second-order valence-corrected chi connectivity index (χ2v) is 7.08. The summed E-state index contributed by atoms with van der Waals surface area (Å²) in [7, 11) is 0. The minimum absolute atomic E-state index is 0.0418. The van der Waals surface area contributed by atoms with Gasteiger partial charge in [-0.15, -0.1) is 0 Å². The number of carbonyl (C=O) groups is 2. The van der Waals surface area contributed by atoms with Gasteiger partial charge in [0, 0.05) is 13.1 Å². The maximum absolute atomic E-state index is 12.6. The molecule has 7 nitrogen and oxygen atoms in total. The Labute approximate surface area is 145 Å². The number of amides is 1. The number of aliphatic carboxylic acids is 1. The Morgan fingerprint density at radius 3 is 2.76 bits per heavy atom. The van der Waals surface area contributed by atoms with Crippen LogP contribution in [0.25, 0.3) is 0 Å². The van der Waals surface area contributed by atoms with Crippen LogP contribution in [0.2, 0.25) is 0 Å². The van der Waals surface area contributed by atoms with Crippen molar-refractivity contribution in [1.29, 1.82) is 0 Å². The molecule has 1 amide bonds. The van der Waals surface area contributed by atoms with Crippen LogP contribution >= 0.6 is 0 Å². The number of hydrogen-bond donors (Lipinski definition) is 2. The number of nitrogens with one attached hydrogen (secondary N) is 1. The van der Waals surface area contributed by atoms with E-state index in [1.54, 1.807) is 4.90 Å². The molecular formula is C18H20N4O3. The van der Waals surface area contributed by atoms with Crippen LogP contribution < -0.4 is 0 Å². The molecule has 1 aromatic heterocycles. The van der Waals surface area contributed by atoms with Crippen molar-refractivity contribution in [3.05, 3.63) is 47.8 Å². The first-order chi connectivity index (χ1) is 12.1. The molecule has 1 aliphatic carbocycles. The van der Waals surface area contributed by atoms with Crippen molar-refractivity contribution in [1.82, 2.24) is 20.3 Å². The number of carbonyl (C=O) groups excluding carboxylic acids is 1. The van der Waals surface area contributed by atoms with Gasteiger partial charge in [-0.05, 0) is 36.7 Å². The number of carboxylic acids is 1. The number of hydrogen-bond acceptors (Lipinski definition) is 4. The summed E-state index contributed by atoms with van der Waals surface area (Å²) >= 11 is 0.